The van der Waals surface area contributed by atoms with Crippen molar-refractivity contribution in [3.63, 3.8) is 0 Å². The van der Waals surface area contributed by atoms with Gasteiger partial charge in [0.05, 0.1) is 5.60 Å². The molecule has 0 saturated heterocycles. The van der Waals surface area contributed by atoms with Gasteiger partial charge >= 0.3 is 0 Å². The molecule has 0 saturated carbocycles. The van der Waals surface area contributed by atoms with Crippen molar-refractivity contribution in [3.05, 3.63) is 23.9 Å². The molecule has 7 heteroatoms. The molecule has 0 aliphatic rings. The van der Waals surface area contributed by atoms with Crippen molar-refractivity contribution >= 4 is 10.0 Å². The fourth-order valence-corrected chi connectivity index (χ4v) is 2.48. The molecule has 2 N–H and O–H groups in total. The normalized spacial score (nSPS) is 12.6. The first-order chi connectivity index (χ1) is 9.30. The Hall–Kier alpha value is -1.02. The number of nitrogens with one attached hydrogen (secondary N) is 2. The number of ether oxygens (including phenoxy) is 1. The number of hydrogen-bond acceptors (Lipinski definition) is 5. The van der Waals surface area contributed by atoms with Crippen molar-refractivity contribution < 1.29 is 13.2 Å². The Morgan fingerprint density at radius 1 is 1.35 bits per heavy atom. The molecule has 0 bridgehead atoms. The summed E-state index contributed by atoms with van der Waals surface area (Å²) < 4.78 is 31.8. The lowest BCUT2D eigenvalue weighted by atomic mass is 10.1. The van der Waals surface area contributed by atoms with Crippen LogP contribution in [0.2, 0.25) is 0 Å². The SMILES string of the molecule is CCNCc1ccc(S(=O)(=O)NCC(C)(C)OC)nc1. The molecule has 1 heterocycles. The Kier molecular flexibility index (Phi) is 6.07. The summed E-state index contributed by atoms with van der Waals surface area (Å²) in [5, 5.41) is 3.17. The second-order valence-electron chi connectivity index (χ2n) is 5.07. The van der Waals surface area contributed by atoms with Crippen LogP contribution in [0.25, 0.3) is 0 Å². The highest BCUT2D eigenvalue weighted by atomic mass is 32.2. The van der Waals surface area contributed by atoms with Gasteiger partial charge in [-0.25, -0.2) is 18.1 Å². The number of nitrogens with zero attached hydrogens (tertiary/aromatic N) is 1. The van der Waals surface area contributed by atoms with Crippen LogP contribution in [-0.2, 0) is 21.3 Å². The maximum absolute atomic E-state index is 12.1. The van der Waals surface area contributed by atoms with E-state index in [2.05, 4.69) is 15.0 Å². The minimum Gasteiger partial charge on any atom is -0.377 e. The highest BCUT2D eigenvalue weighted by Gasteiger charge is 2.22. The fraction of sp³-hybridized carbons (Fsp3) is 0.615. The molecular formula is C13H23N3O3S. The minimum atomic E-state index is -3.60. The summed E-state index contributed by atoms with van der Waals surface area (Å²) in [6, 6.07) is 3.26. The van der Waals surface area contributed by atoms with Crippen molar-refractivity contribution in [2.24, 2.45) is 0 Å². The van der Waals surface area contributed by atoms with Crippen molar-refractivity contribution in [3.8, 4) is 0 Å². The standard InChI is InChI=1S/C13H23N3O3S/c1-5-14-8-11-6-7-12(15-9-11)20(17,18)16-10-13(2,3)19-4/h6-7,9,14,16H,5,8,10H2,1-4H3. The van der Waals surface area contributed by atoms with E-state index in [4.69, 9.17) is 4.74 Å². The molecular weight excluding hydrogens is 278 g/mol. The lowest BCUT2D eigenvalue weighted by Gasteiger charge is -2.22. The molecule has 20 heavy (non-hydrogen) atoms. The molecule has 0 aromatic carbocycles. The number of pyridine rings is 1. The van der Waals surface area contributed by atoms with Crippen LogP contribution >= 0.6 is 0 Å². The van der Waals surface area contributed by atoms with E-state index in [-0.39, 0.29) is 11.6 Å². The third-order valence-corrected chi connectivity index (χ3v) is 4.21. The topological polar surface area (TPSA) is 80.3 Å². The van der Waals surface area contributed by atoms with E-state index in [1.54, 1.807) is 19.4 Å². The smallest absolute Gasteiger partial charge is 0.258 e. The van der Waals surface area contributed by atoms with Gasteiger partial charge in [0.2, 0.25) is 0 Å². The van der Waals surface area contributed by atoms with Gasteiger partial charge in [0, 0.05) is 26.4 Å². The molecule has 1 rings (SSSR count). The lowest BCUT2D eigenvalue weighted by Crippen LogP contribution is -2.39. The van der Waals surface area contributed by atoms with Gasteiger partial charge in [-0.15, -0.1) is 0 Å². The lowest BCUT2D eigenvalue weighted by molar-refractivity contribution is 0.0276. The van der Waals surface area contributed by atoms with Gasteiger partial charge in [0.1, 0.15) is 0 Å². The second kappa shape index (κ2) is 7.12. The Morgan fingerprint density at radius 3 is 2.55 bits per heavy atom. The predicted molar refractivity (Wildman–Crippen MR) is 77.9 cm³/mol. The molecule has 0 fully saturated rings. The molecule has 0 radical (unpaired) electrons. The number of sulfonamides is 1. The molecule has 114 valence electrons. The number of hydrogen-bond donors (Lipinski definition) is 2. The zero-order valence-electron chi connectivity index (χ0n) is 12.4. The average molecular weight is 301 g/mol. The van der Waals surface area contributed by atoms with Gasteiger partial charge < -0.3 is 10.1 Å². The number of aromatic nitrogens is 1. The molecule has 6 nitrogen and oxygen atoms in total. The maximum Gasteiger partial charge on any atom is 0.258 e. The molecule has 1 aromatic rings. The Morgan fingerprint density at radius 2 is 2.05 bits per heavy atom. The van der Waals surface area contributed by atoms with Crippen LogP contribution in [0.3, 0.4) is 0 Å². The molecule has 0 amide bonds. The van der Waals surface area contributed by atoms with E-state index < -0.39 is 15.6 Å². The van der Waals surface area contributed by atoms with Gasteiger partial charge in [0.15, 0.2) is 5.03 Å². The number of rotatable bonds is 8. The second-order valence-corrected chi connectivity index (χ2v) is 6.79. The van der Waals surface area contributed by atoms with Crippen LogP contribution in [-0.4, -0.2) is 39.2 Å². The summed E-state index contributed by atoms with van der Waals surface area (Å²) in [5.74, 6) is 0. The van der Waals surface area contributed by atoms with E-state index in [0.29, 0.717) is 6.54 Å². The van der Waals surface area contributed by atoms with Crippen molar-refractivity contribution in [1.82, 2.24) is 15.0 Å². The van der Waals surface area contributed by atoms with Crippen molar-refractivity contribution in [1.29, 1.82) is 0 Å². The molecule has 1 aromatic heterocycles. The van der Waals surface area contributed by atoms with Gasteiger partial charge in [-0.2, -0.15) is 0 Å². The largest absolute Gasteiger partial charge is 0.377 e. The van der Waals surface area contributed by atoms with E-state index in [1.165, 1.54) is 6.07 Å². The minimum absolute atomic E-state index is 0.0182. The summed E-state index contributed by atoms with van der Waals surface area (Å²) in [5.41, 5.74) is 0.390. The van der Waals surface area contributed by atoms with Crippen LogP contribution in [0, 0.1) is 0 Å². The summed E-state index contributed by atoms with van der Waals surface area (Å²) >= 11 is 0. The van der Waals surface area contributed by atoms with Crippen LogP contribution in [0.5, 0.6) is 0 Å². The third-order valence-electron chi connectivity index (χ3n) is 2.89. The highest BCUT2D eigenvalue weighted by molar-refractivity contribution is 7.89. The monoisotopic (exact) mass is 301 g/mol. The molecule has 0 atom stereocenters. The maximum atomic E-state index is 12.1. The first kappa shape index (κ1) is 17.0. The Labute approximate surface area is 121 Å². The molecule has 0 unspecified atom stereocenters. The molecule has 0 aliphatic carbocycles. The van der Waals surface area contributed by atoms with E-state index >= 15 is 0 Å². The summed E-state index contributed by atoms with van der Waals surface area (Å²) in [7, 11) is -2.06. The van der Waals surface area contributed by atoms with Gasteiger partial charge in [-0.3, -0.25) is 0 Å². The third kappa shape index (κ3) is 5.16. The van der Waals surface area contributed by atoms with Crippen LogP contribution in [0.1, 0.15) is 26.3 Å². The van der Waals surface area contributed by atoms with Crippen LogP contribution in [0.4, 0.5) is 0 Å². The van der Waals surface area contributed by atoms with E-state index in [9.17, 15) is 8.42 Å². The quantitative estimate of drug-likeness (QED) is 0.745. The zero-order valence-corrected chi connectivity index (χ0v) is 13.3. The molecule has 0 aliphatic heterocycles. The Bertz CT molecular complexity index is 512. The van der Waals surface area contributed by atoms with Gasteiger partial charge in [0.25, 0.3) is 10.0 Å². The van der Waals surface area contributed by atoms with Crippen molar-refractivity contribution in [2.45, 2.75) is 37.9 Å². The first-order valence-electron chi connectivity index (χ1n) is 6.51. The summed E-state index contributed by atoms with van der Waals surface area (Å²) in [6.45, 7) is 7.34. The fourth-order valence-electron chi connectivity index (χ4n) is 1.36. The predicted octanol–water partition coefficient (Wildman–Crippen LogP) is 0.894. The van der Waals surface area contributed by atoms with Gasteiger partial charge in [-0.1, -0.05) is 13.0 Å². The van der Waals surface area contributed by atoms with Gasteiger partial charge in [-0.05, 0) is 32.0 Å². The first-order valence-corrected chi connectivity index (χ1v) is 7.99. The van der Waals surface area contributed by atoms with Crippen LogP contribution in [0.15, 0.2) is 23.4 Å². The van der Waals surface area contributed by atoms with E-state index in [1.807, 2.05) is 20.8 Å². The number of methoxy groups -OCH3 is 1. The average Bonchev–Trinajstić information content (AvgIpc) is 2.44. The van der Waals surface area contributed by atoms with E-state index in [0.717, 1.165) is 12.1 Å². The van der Waals surface area contributed by atoms with Crippen molar-refractivity contribution in [2.75, 3.05) is 20.2 Å². The Balaban J connectivity index is 2.73. The zero-order chi connectivity index (χ0) is 15.2. The molecule has 0 spiro atoms. The summed E-state index contributed by atoms with van der Waals surface area (Å²) in [6.07, 6.45) is 1.57. The summed E-state index contributed by atoms with van der Waals surface area (Å²) in [4.78, 5) is 4.00. The van der Waals surface area contributed by atoms with Crippen LogP contribution < -0.4 is 10.0 Å². The highest BCUT2D eigenvalue weighted by Crippen LogP contribution is 2.10.